The van der Waals surface area contributed by atoms with Gasteiger partial charge >= 0.3 is 0 Å². The molecule has 2 atom stereocenters. The van der Waals surface area contributed by atoms with Crippen molar-refractivity contribution in [2.75, 3.05) is 13.7 Å². The van der Waals surface area contributed by atoms with Gasteiger partial charge in [-0.25, -0.2) is 0 Å². The first-order valence-corrected chi connectivity index (χ1v) is 7.53. The molecule has 1 aliphatic carbocycles. The Hall–Kier alpha value is -0.870. The first-order chi connectivity index (χ1) is 9.22. The van der Waals surface area contributed by atoms with Crippen molar-refractivity contribution in [2.45, 2.75) is 50.2 Å². The average molecular weight is 263 g/mol. The van der Waals surface area contributed by atoms with Gasteiger partial charge in [-0.3, -0.25) is 4.68 Å². The van der Waals surface area contributed by atoms with Crippen LogP contribution in [0, 0.1) is 5.92 Å². The largest absolute Gasteiger partial charge is 0.375 e. The van der Waals surface area contributed by atoms with Gasteiger partial charge in [0, 0.05) is 19.9 Å². The molecule has 2 unspecified atom stereocenters. The third-order valence-corrected chi connectivity index (χ3v) is 4.88. The minimum absolute atomic E-state index is 0.187. The molecule has 4 nitrogen and oxygen atoms in total. The Bertz CT molecular complexity index is 423. The van der Waals surface area contributed by atoms with Gasteiger partial charge in [0.2, 0.25) is 0 Å². The first kappa shape index (κ1) is 13.1. The number of aryl methyl sites for hydroxylation is 1. The van der Waals surface area contributed by atoms with Gasteiger partial charge in [0.15, 0.2) is 0 Å². The Balaban J connectivity index is 1.76. The molecule has 106 valence electrons. The highest BCUT2D eigenvalue weighted by Gasteiger charge is 2.42. The Labute approximate surface area is 115 Å². The van der Waals surface area contributed by atoms with Crippen LogP contribution in [0.2, 0.25) is 0 Å². The minimum Gasteiger partial charge on any atom is -0.375 e. The lowest BCUT2D eigenvalue weighted by atomic mass is 9.80. The van der Waals surface area contributed by atoms with Crippen LogP contribution in [0.25, 0.3) is 0 Å². The van der Waals surface area contributed by atoms with Crippen LogP contribution in [0.3, 0.4) is 0 Å². The molecule has 2 heterocycles. The van der Waals surface area contributed by atoms with E-state index in [1.165, 1.54) is 37.8 Å². The molecule has 1 saturated heterocycles. The van der Waals surface area contributed by atoms with Crippen molar-refractivity contribution in [1.82, 2.24) is 15.1 Å². The molecule has 1 aromatic rings. The number of hydrogen-bond donors (Lipinski definition) is 1. The molecule has 1 aliphatic heterocycles. The molecule has 0 bridgehead atoms. The van der Waals surface area contributed by atoms with Crippen LogP contribution < -0.4 is 5.32 Å². The Morgan fingerprint density at radius 3 is 2.89 bits per heavy atom. The summed E-state index contributed by atoms with van der Waals surface area (Å²) in [5.41, 5.74) is 1.36. The molecule has 1 N–H and O–H groups in total. The van der Waals surface area contributed by atoms with Gasteiger partial charge in [-0.1, -0.05) is 12.8 Å². The van der Waals surface area contributed by atoms with E-state index in [9.17, 15) is 0 Å². The maximum Gasteiger partial charge on any atom is 0.0796 e. The maximum atomic E-state index is 6.14. The summed E-state index contributed by atoms with van der Waals surface area (Å²) in [6.07, 6.45) is 9.54. The lowest BCUT2D eigenvalue weighted by Gasteiger charge is -2.41. The molecule has 0 radical (unpaired) electrons. The number of ether oxygens (including phenoxy) is 1. The monoisotopic (exact) mass is 263 g/mol. The SMILES string of the molecule is CNC(c1ccn(C)n1)C1CCOC2(CCCC2)C1. The zero-order valence-electron chi connectivity index (χ0n) is 12.1. The molecule has 1 aromatic heterocycles. The fourth-order valence-corrected chi connectivity index (χ4v) is 3.94. The van der Waals surface area contributed by atoms with E-state index in [0.717, 1.165) is 13.0 Å². The average Bonchev–Trinajstić information content (AvgIpc) is 3.01. The Kier molecular flexibility index (Phi) is 3.63. The summed E-state index contributed by atoms with van der Waals surface area (Å²) in [6, 6.07) is 2.50. The summed E-state index contributed by atoms with van der Waals surface area (Å²) in [5, 5.41) is 8.06. The number of nitrogens with one attached hydrogen (secondary N) is 1. The highest BCUT2D eigenvalue weighted by atomic mass is 16.5. The normalized spacial score (nSPS) is 27.8. The molecule has 4 heteroatoms. The van der Waals surface area contributed by atoms with Gasteiger partial charge in [0.25, 0.3) is 0 Å². The van der Waals surface area contributed by atoms with Crippen LogP contribution in [0.5, 0.6) is 0 Å². The standard InChI is InChI=1S/C15H25N3O/c1-16-14(13-5-9-18(2)17-13)12-6-10-19-15(11-12)7-3-4-8-15/h5,9,12,14,16H,3-4,6-8,10-11H2,1-2H3. The fraction of sp³-hybridized carbons (Fsp3) is 0.800. The van der Waals surface area contributed by atoms with E-state index >= 15 is 0 Å². The second kappa shape index (κ2) is 5.25. The van der Waals surface area contributed by atoms with Gasteiger partial charge in [-0.05, 0) is 44.7 Å². The van der Waals surface area contributed by atoms with Gasteiger partial charge in [-0.2, -0.15) is 5.10 Å². The smallest absolute Gasteiger partial charge is 0.0796 e. The lowest BCUT2D eigenvalue weighted by molar-refractivity contribution is -0.0981. The van der Waals surface area contributed by atoms with Crippen molar-refractivity contribution in [1.29, 1.82) is 0 Å². The van der Waals surface area contributed by atoms with E-state index in [4.69, 9.17) is 4.74 Å². The van der Waals surface area contributed by atoms with E-state index in [-0.39, 0.29) is 5.60 Å². The molecule has 1 saturated carbocycles. The number of aromatic nitrogens is 2. The molecule has 3 rings (SSSR count). The van der Waals surface area contributed by atoms with Gasteiger partial charge in [-0.15, -0.1) is 0 Å². The number of nitrogens with zero attached hydrogens (tertiary/aromatic N) is 2. The number of hydrogen-bond acceptors (Lipinski definition) is 3. The molecule has 0 aromatic carbocycles. The molecular formula is C15H25N3O. The van der Waals surface area contributed by atoms with Crippen molar-refractivity contribution < 1.29 is 4.74 Å². The maximum absolute atomic E-state index is 6.14. The van der Waals surface area contributed by atoms with E-state index in [1.54, 1.807) is 0 Å². The van der Waals surface area contributed by atoms with Crippen LogP contribution in [0.4, 0.5) is 0 Å². The molecule has 0 amide bonds. The van der Waals surface area contributed by atoms with Crippen LogP contribution in [-0.4, -0.2) is 29.0 Å². The summed E-state index contributed by atoms with van der Waals surface area (Å²) in [5.74, 6) is 0.645. The third-order valence-electron chi connectivity index (χ3n) is 4.88. The van der Waals surface area contributed by atoms with E-state index < -0.39 is 0 Å². The van der Waals surface area contributed by atoms with E-state index in [0.29, 0.717) is 12.0 Å². The van der Waals surface area contributed by atoms with Crippen LogP contribution in [0.1, 0.15) is 50.3 Å². The highest BCUT2D eigenvalue weighted by molar-refractivity contribution is 5.08. The molecule has 19 heavy (non-hydrogen) atoms. The number of rotatable bonds is 3. The summed E-state index contributed by atoms with van der Waals surface area (Å²) in [7, 11) is 4.04. The summed E-state index contributed by atoms with van der Waals surface area (Å²) in [6.45, 7) is 0.912. The summed E-state index contributed by atoms with van der Waals surface area (Å²) >= 11 is 0. The topological polar surface area (TPSA) is 39.1 Å². The fourth-order valence-electron chi connectivity index (χ4n) is 3.94. The van der Waals surface area contributed by atoms with Crippen LogP contribution in [0.15, 0.2) is 12.3 Å². The molecule has 1 spiro atoms. The summed E-state index contributed by atoms with van der Waals surface area (Å²) < 4.78 is 8.03. The van der Waals surface area contributed by atoms with Gasteiger partial charge < -0.3 is 10.1 Å². The summed E-state index contributed by atoms with van der Waals surface area (Å²) in [4.78, 5) is 0. The van der Waals surface area contributed by atoms with Crippen molar-refractivity contribution in [2.24, 2.45) is 13.0 Å². The van der Waals surface area contributed by atoms with Gasteiger partial charge in [0.05, 0.1) is 17.3 Å². The molecule has 2 fully saturated rings. The quantitative estimate of drug-likeness (QED) is 0.910. The zero-order valence-corrected chi connectivity index (χ0v) is 12.1. The second-order valence-electron chi connectivity index (χ2n) is 6.17. The predicted octanol–water partition coefficient (Wildman–Crippen LogP) is 2.42. The third kappa shape index (κ3) is 2.56. The van der Waals surface area contributed by atoms with Crippen LogP contribution in [-0.2, 0) is 11.8 Å². The first-order valence-electron chi connectivity index (χ1n) is 7.53. The van der Waals surface area contributed by atoms with E-state index in [2.05, 4.69) is 23.5 Å². The van der Waals surface area contributed by atoms with E-state index in [1.807, 2.05) is 17.9 Å². The molecular weight excluding hydrogens is 238 g/mol. The Morgan fingerprint density at radius 1 is 1.47 bits per heavy atom. The molecule has 2 aliphatic rings. The minimum atomic E-state index is 0.187. The highest BCUT2D eigenvalue weighted by Crippen LogP contribution is 2.45. The second-order valence-corrected chi connectivity index (χ2v) is 6.17. The predicted molar refractivity (Wildman–Crippen MR) is 74.9 cm³/mol. The van der Waals surface area contributed by atoms with Crippen molar-refractivity contribution in [3.8, 4) is 0 Å². The van der Waals surface area contributed by atoms with Gasteiger partial charge in [0.1, 0.15) is 0 Å². The Morgan fingerprint density at radius 2 is 2.26 bits per heavy atom. The van der Waals surface area contributed by atoms with Crippen molar-refractivity contribution >= 4 is 0 Å². The zero-order chi connectivity index (χ0) is 13.3. The lowest BCUT2D eigenvalue weighted by Crippen LogP contribution is -2.41. The van der Waals surface area contributed by atoms with Crippen molar-refractivity contribution in [3.05, 3.63) is 18.0 Å². The van der Waals surface area contributed by atoms with Crippen LogP contribution >= 0.6 is 0 Å². The van der Waals surface area contributed by atoms with Crippen molar-refractivity contribution in [3.63, 3.8) is 0 Å².